The zero-order valence-electron chi connectivity index (χ0n) is 15.5. The van der Waals surface area contributed by atoms with Gasteiger partial charge in [-0.25, -0.2) is 4.98 Å². The van der Waals surface area contributed by atoms with Crippen LogP contribution in [0.2, 0.25) is 10.2 Å². The smallest absolute Gasteiger partial charge is 0.148 e. The highest BCUT2D eigenvalue weighted by molar-refractivity contribution is 6.41. The molecule has 5 heteroatoms. The summed E-state index contributed by atoms with van der Waals surface area (Å²) in [6.07, 6.45) is 10.1. The second kappa shape index (κ2) is 7.38. The normalized spacial score (nSPS) is 19.6. The van der Waals surface area contributed by atoms with Crippen molar-refractivity contribution < 1.29 is 0 Å². The Morgan fingerprint density at radius 2 is 1.96 bits per heavy atom. The van der Waals surface area contributed by atoms with Crippen LogP contribution in [0.15, 0.2) is 54.9 Å². The van der Waals surface area contributed by atoms with Crippen molar-refractivity contribution >= 4 is 45.1 Å². The van der Waals surface area contributed by atoms with E-state index in [2.05, 4.69) is 51.1 Å². The van der Waals surface area contributed by atoms with Gasteiger partial charge in [0.2, 0.25) is 0 Å². The molecule has 2 atom stereocenters. The van der Waals surface area contributed by atoms with E-state index in [4.69, 9.17) is 23.2 Å². The van der Waals surface area contributed by atoms with E-state index in [1.54, 1.807) is 0 Å². The van der Waals surface area contributed by atoms with Crippen molar-refractivity contribution in [2.45, 2.75) is 38.1 Å². The number of rotatable bonds is 4. The maximum Gasteiger partial charge on any atom is 0.148 e. The molecule has 0 radical (unpaired) electrons. The molecule has 5 rings (SSSR count). The van der Waals surface area contributed by atoms with Gasteiger partial charge in [-0.05, 0) is 73.9 Å². The third kappa shape index (κ3) is 3.38. The molecule has 4 aromatic rings. The number of aryl methyl sites for hydroxylation is 1. The number of halogens is 2. The summed E-state index contributed by atoms with van der Waals surface area (Å²) >= 11 is 12.1. The second-order valence-electron chi connectivity index (χ2n) is 7.79. The highest BCUT2D eigenvalue weighted by Gasteiger charge is 2.26. The van der Waals surface area contributed by atoms with Crippen LogP contribution in [0.25, 0.3) is 21.9 Å². The predicted octanol–water partition coefficient (Wildman–Crippen LogP) is 6.87. The summed E-state index contributed by atoms with van der Waals surface area (Å²) in [6.45, 7) is 0. The molecule has 0 aliphatic heterocycles. The molecule has 0 N–H and O–H groups in total. The van der Waals surface area contributed by atoms with Crippen molar-refractivity contribution in [2.75, 3.05) is 0 Å². The molecular weight excluding hydrogens is 389 g/mol. The largest absolute Gasteiger partial charge is 0.343 e. The summed E-state index contributed by atoms with van der Waals surface area (Å²) in [5, 5.41) is 1.91. The molecule has 0 bridgehead atoms. The zero-order valence-corrected chi connectivity index (χ0v) is 17.0. The van der Waals surface area contributed by atoms with Gasteiger partial charge in [-0.15, -0.1) is 0 Å². The molecule has 2 unspecified atom stereocenters. The van der Waals surface area contributed by atoms with Gasteiger partial charge in [-0.1, -0.05) is 35.3 Å². The highest BCUT2D eigenvalue weighted by atomic mass is 35.5. The van der Waals surface area contributed by atoms with E-state index in [1.165, 1.54) is 36.8 Å². The van der Waals surface area contributed by atoms with E-state index in [-0.39, 0.29) is 0 Å². The molecule has 0 spiro atoms. The summed E-state index contributed by atoms with van der Waals surface area (Å²) in [5.41, 5.74) is 4.58. The molecule has 28 heavy (non-hydrogen) atoms. The number of aromatic nitrogens is 3. The van der Waals surface area contributed by atoms with Crippen molar-refractivity contribution in [1.29, 1.82) is 0 Å². The van der Waals surface area contributed by atoms with E-state index in [0.717, 1.165) is 28.8 Å². The van der Waals surface area contributed by atoms with Crippen molar-refractivity contribution in [2.24, 2.45) is 5.92 Å². The lowest BCUT2D eigenvalue weighted by Gasteiger charge is -2.15. The van der Waals surface area contributed by atoms with Gasteiger partial charge in [0.25, 0.3) is 0 Å². The van der Waals surface area contributed by atoms with Crippen molar-refractivity contribution in [3.63, 3.8) is 0 Å². The molecule has 3 aromatic heterocycles. The Labute approximate surface area is 174 Å². The molecule has 1 aromatic carbocycles. The van der Waals surface area contributed by atoms with Gasteiger partial charge < -0.3 is 4.57 Å². The number of hydrogen-bond donors (Lipinski definition) is 0. The molecule has 1 aliphatic rings. The average molecular weight is 410 g/mol. The Morgan fingerprint density at radius 1 is 1.04 bits per heavy atom. The molecular formula is C23H21Cl2N3. The first kappa shape index (κ1) is 18.0. The van der Waals surface area contributed by atoms with Crippen LogP contribution in [-0.4, -0.2) is 14.5 Å². The van der Waals surface area contributed by atoms with Crippen LogP contribution in [0.5, 0.6) is 0 Å². The molecule has 0 saturated heterocycles. The summed E-state index contributed by atoms with van der Waals surface area (Å²) in [7, 11) is 0. The number of pyridine rings is 2. The molecule has 3 nitrogen and oxygen atoms in total. The van der Waals surface area contributed by atoms with E-state index in [9.17, 15) is 0 Å². The first-order valence-electron chi connectivity index (χ1n) is 9.83. The summed E-state index contributed by atoms with van der Waals surface area (Å²) in [5.74, 6) is 0.761. The van der Waals surface area contributed by atoms with Gasteiger partial charge in [0.1, 0.15) is 5.15 Å². The van der Waals surface area contributed by atoms with Crippen LogP contribution in [-0.2, 0) is 6.42 Å². The minimum atomic E-state index is 0.374. The zero-order chi connectivity index (χ0) is 19.1. The first-order chi connectivity index (χ1) is 13.7. The summed E-state index contributed by atoms with van der Waals surface area (Å²) < 4.78 is 2.42. The van der Waals surface area contributed by atoms with Gasteiger partial charge >= 0.3 is 0 Å². The molecule has 0 amide bonds. The van der Waals surface area contributed by atoms with E-state index in [1.807, 2.05) is 18.3 Å². The lowest BCUT2D eigenvalue weighted by atomic mass is 9.97. The van der Waals surface area contributed by atoms with Gasteiger partial charge in [0.05, 0.1) is 21.6 Å². The van der Waals surface area contributed by atoms with Gasteiger partial charge in [-0.3, -0.25) is 4.98 Å². The fraction of sp³-hybridized carbons (Fsp3) is 0.304. The number of benzene rings is 1. The maximum atomic E-state index is 6.08. The van der Waals surface area contributed by atoms with Crippen LogP contribution >= 0.6 is 23.2 Å². The standard InChI is InChI=1S/C23H21Cl2N3/c24-19-14-17-7-5-16(13-21(17)27-23(19)25)4-3-15-6-8-18(12-15)28-11-9-20-22(28)2-1-10-26-20/h1-2,5,7,9-11,13-15,18H,3-4,6,8,12H2. The van der Waals surface area contributed by atoms with E-state index >= 15 is 0 Å². The maximum absolute atomic E-state index is 6.08. The van der Waals surface area contributed by atoms with Gasteiger partial charge in [0.15, 0.2) is 0 Å². The Morgan fingerprint density at radius 3 is 2.89 bits per heavy atom. The number of hydrogen-bond acceptors (Lipinski definition) is 2. The van der Waals surface area contributed by atoms with Crippen LogP contribution < -0.4 is 0 Å². The van der Waals surface area contributed by atoms with Crippen molar-refractivity contribution in [3.8, 4) is 0 Å². The van der Waals surface area contributed by atoms with Gasteiger partial charge in [0, 0.05) is 23.8 Å². The quantitative estimate of drug-likeness (QED) is 0.344. The minimum absolute atomic E-state index is 0.374. The molecule has 3 heterocycles. The SMILES string of the molecule is Clc1cc2ccc(CCC3CCC(n4ccc5ncccc54)C3)cc2nc1Cl. The van der Waals surface area contributed by atoms with E-state index < -0.39 is 0 Å². The van der Waals surface area contributed by atoms with Crippen LogP contribution in [0, 0.1) is 5.92 Å². The Kier molecular flexibility index (Phi) is 4.73. The third-order valence-electron chi connectivity index (χ3n) is 6.03. The minimum Gasteiger partial charge on any atom is -0.343 e. The summed E-state index contributed by atoms with van der Waals surface area (Å²) in [4.78, 5) is 8.87. The molecule has 142 valence electrons. The molecule has 1 aliphatic carbocycles. The predicted molar refractivity (Wildman–Crippen MR) is 116 cm³/mol. The number of fused-ring (bicyclic) bond motifs is 2. The van der Waals surface area contributed by atoms with Crippen molar-refractivity contribution in [3.05, 3.63) is 70.6 Å². The Balaban J connectivity index is 1.26. The van der Waals surface area contributed by atoms with Gasteiger partial charge in [-0.2, -0.15) is 0 Å². The Bertz CT molecular complexity index is 1150. The summed E-state index contributed by atoms with van der Waals surface area (Å²) in [6, 6.07) is 15.2. The lowest BCUT2D eigenvalue weighted by molar-refractivity contribution is 0.462. The van der Waals surface area contributed by atoms with Crippen LogP contribution in [0.1, 0.15) is 37.3 Å². The Hall–Kier alpha value is -2.10. The monoisotopic (exact) mass is 409 g/mol. The fourth-order valence-corrected chi connectivity index (χ4v) is 4.86. The first-order valence-corrected chi connectivity index (χ1v) is 10.6. The average Bonchev–Trinajstić information content (AvgIpc) is 3.34. The topological polar surface area (TPSA) is 30.7 Å². The lowest BCUT2D eigenvalue weighted by Crippen LogP contribution is -2.04. The second-order valence-corrected chi connectivity index (χ2v) is 8.56. The number of nitrogens with zero attached hydrogens (tertiary/aromatic N) is 3. The molecule has 1 saturated carbocycles. The third-order valence-corrected chi connectivity index (χ3v) is 6.70. The fourth-order valence-electron chi connectivity index (χ4n) is 4.56. The van der Waals surface area contributed by atoms with Crippen LogP contribution in [0.3, 0.4) is 0 Å². The van der Waals surface area contributed by atoms with E-state index in [0.29, 0.717) is 16.2 Å². The van der Waals surface area contributed by atoms with Crippen molar-refractivity contribution in [1.82, 2.24) is 14.5 Å². The highest BCUT2D eigenvalue weighted by Crippen LogP contribution is 2.38. The van der Waals surface area contributed by atoms with Crippen LogP contribution in [0.4, 0.5) is 0 Å². The molecule has 1 fully saturated rings.